The smallest absolute Gasteiger partial charge is 0.194 e. The summed E-state index contributed by atoms with van der Waals surface area (Å²) in [6, 6.07) is 7.43. The quantitative estimate of drug-likeness (QED) is 0.769. The van der Waals surface area contributed by atoms with Crippen molar-refractivity contribution in [2.24, 2.45) is 0 Å². The molecule has 0 aliphatic heterocycles. The van der Waals surface area contributed by atoms with Gasteiger partial charge in [-0.2, -0.15) is 0 Å². The maximum atomic E-state index is 11.8. The van der Waals surface area contributed by atoms with Gasteiger partial charge in [0.1, 0.15) is 5.60 Å². The molecule has 2 heteroatoms. The Morgan fingerprint density at radius 1 is 1.27 bits per heavy atom. The van der Waals surface area contributed by atoms with Crippen LogP contribution in [-0.2, 0) is 6.42 Å². The second kappa shape index (κ2) is 4.58. The fraction of sp³-hybridized carbons (Fsp3) is 0.462. The average Bonchev–Trinajstić information content (AvgIpc) is 2.28. The first kappa shape index (κ1) is 11.9. The van der Waals surface area contributed by atoms with E-state index < -0.39 is 5.60 Å². The summed E-state index contributed by atoms with van der Waals surface area (Å²) < 4.78 is 0. The molecule has 1 unspecified atom stereocenters. The number of Topliss-reactive ketones (excluding diaryl/α,β-unsaturated/α-hetero) is 1. The van der Waals surface area contributed by atoms with Gasteiger partial charge in [0.05, 0.1) is 0 Å². The molecule has 0 aliphatic carbocycles. The van der Waals surface area contributed by atoms with Crippen LogP contribution in [0.2, 0.25) is 0 Å². The third-order valence-corrected chi connectivity index (χ3v) is 2.80. The van der Waals surface area contributed by atoms with Crippen LogP contribution < -0.4 is 0 Å². The lowest BCUT2D eigenvalue weighted by Crippen LogP contribution is -2.34. The van der Waals surface area contributed by atoms with Crippen molar-refractivity contribution in [1.82, 2.24) is 0 Å². The second-order valence-corrected chi connectivity index (χ2v) is 4.01. The molecule has 0 spiro atoms. The Bertz CT molecular complexity index is 336. The lowest BCUT2D eigenvalue weighted by atomic mass is 9.92. The molecule has 1 aromatic carbocycles. The van der Waals surface area contributed by atoms with E-state index in [1.165, 1.54) is 5.56 Å². The van der Waals surface area contributed by atoms with Gasteiger partial charge in [0.25, 0.3) is 0 Å². The van der Waals surface area contributed by atoms with Crippen LogP contribution in [0.5, 0.6) is 0 Å². The number of benzene rings is 1. The van der Waals surface area contributed by atoms with Gasteiger partial charge in [-0.1, -0.05) is 38.1 Å². The highest BCUT2D eigenvalue weighted by atomic mass is 16.3. The average molecular weight is 206 g/mol. The first-order chi connectivity index (χ1) is 7.01. The lowest BCUT2D eigenvalue weighted by Gasteiger charge is -2.19. The van der Waals surface area contributed by atoms with Crippen LogP contribution >= 0.6 is 0 Å². The van der Waals surface area contributed by atoms with Gasteiger partial charge >= 0.3 is 0 Å². The van der Waals surface area contributed by atoms with Crippen molar-refractivity contribution in [3.63, 3.8) is 0 Å². The van der Waals surface area contributed by atoms with Crippen molar-refractivity contribution < 1.29 is 9.90 Å². The van der Waals surface area contributed by atoms with Gasteiger partial charge in [0.15, 0.2) is 5.78 Å². The van der Waals surface area contributed by atoms with Crippen LogP contribution in [0.15, 0.2) is 24.3 Å². The Morgan fingerprint density at radius 2 is 1.80 bits per heavy atom. The monoisotopic (exact) mass is 206 g/mol. The minimum atomic E-state index is -1.24. The highest BCUT2D eigenvalue weighted by Gasteiger charge is 2.28. The Hall–Kier alpha value is -1.15. The van der Waals surface area contributed by atoms with Gasteiger partial charge in [-0.25, -0.2) is 0 Å². The Morgan fingerprint density at radius 3 is 2.20 bits per heavy atom. The summed E-state index contributed by atoms with van der Waals surface area (Å²) in [4.78, 5) is 11.8. The topological polar surface area (TPSA) is 37.3 Å². The summed E-state index contributed by atoms with van der Waals surface area (Å²) in [5, 5.41) is 9.82. The summed E-state index contributed by atoms with van der Waals surface area (Å²) in [5.41, 5.74) is 0.537. The molecule has 1 N–H and O–H groups in total. The van der Waals surface area contributed by atoms with E-state index in [1.807, 2.05) is 12.1 Å². The number of aryl methyl sites for hydroxylation is 1. The fourth-order valence-electron chi connectivity index (χ4n) is 1.36. The molecular formula is C13H18O2. The molecule has 1 aromatic rings. The number of hydrogen-bond donors (Lipinski definition) is 1. The Labute approximate surface area is 90.9 Å². The summed E-state index contributed by atoms with van der Waals surface area (Å²) in [6.07, 6.45) is 1.39. The van der Waals surface area contributed by atoms with Gasteiger partial charge in [0.2, 0.25) is 0 Å². The fourth-order valence-corrected chi connectivity index (χ4v) is 1.36. The molecule has 15 heavy (non-hydrogen) atoms. The van der Waals surface area contributed by atoms with E-state index >= 15 is 0 Å². The molecule has 1 atom stereocenters. The van der Waals surface area contributed by atoms with E-state index in [4.69, 9.17) is 0 Å². The standard InChI is InChI=1S/C13H18O2/c1-4-10-6-8-11(9-7-10)12(14)13(3,15)5-2/h6-9,15H,4-5H2,1-3H3. The molecule has 0 bridgehead atoms. The van der Waals surface area contributed by atoms with Crippen molar-refractivity contribution in [3.05, 3.63) is 35.4 Å². The molecule has 0 saturated carbocycles. The van der Waals surface area contributed by atoms with E-state index in [2.05, 4.69) is 6.92 Å². The predicted molar refractivity (Wildman–Crippen MR) is 61.1 cm³/mol. The summed E-state index contributed by atoms with van der Waals surface area (Å²) in [5.74, 6) is -0.201. The summed E-state index contributed by atoms with van der Waals surface area (Å²) in [6.45, 7) is 5.43. The number of carbonyl (C=O) groups is 1. The predicted octanol–water partition coefficient (Wildman–Crippen LogP) is 2.59. The molecule has 2 nitrogen and oxygen atoms in total. The maximum Gasteiger partial charge on any atom is 0.194 e. The number of carbonyl (C=O) groups excluding carboxylic acids is 1. The van der Waals surface area contributed by atoms with Crippen molar-refractivity contribution >= 4 is 5.78 Å². The molecule has 0 radical (unpaired) electrons. The number of rotatable bonds is 4. The number of hydrogen-bond acceptors (Lipinski definition) is 2. The van der Waals surface area contributed by atoms with Gasteiger partial charge in [-0.3, -0.25) is 4.79 Å². The van der Waals surface area contributed by atoms with E-state index in [1.54, 1.807) is 26.0 Å². The first-order valence-corrected chi connectivity index (χ1v) is 5.37. The van der Waals surface area contributed by atoms with E-state index in [0.717, 1.165) is 6.42 Å². The van der Waals surface area contributed by atoms with Crippen molar-refractivity contribution in [1.29, 1.82) is 0 Å². The Balaban J connectivity index is 2.92. The number of aliphatic hydroxyl groups is 1. The van der Waals surface area contributed by atoms with Gasteiger partial charge in [-0.15, -0.1) is 0 Å². The highest BCUT2D eigenvalue weighted by molar-refractivity contribution is 6.01. The molecular weight excluding hydrogens is 188 g/mol. The SMILES string of the molecule is CCc1ccc(C(=O)C(C)(O)CC)cc1. The normalized spacial score (nSPS) is 14.7. The van der Waals surface area contributed by atoms with E-state index in [9.17, 15) is 9.90 Å². The van der Waals surface area contributed by atoms with Crippen LogP contribution in [0.25, 0.3) is 0 Å². The highest BCUT2D eigenvalue weighted by Crippen LogP contribution is 2.17. The largest absolute Gasteiger partial charge is 0.382 e. The summed E-state index contributed by atoms with van der Waals surface area (Å²) >= 11 is 0. The molecule has 0 aliphatic rings. The van der Waals surface area contributed by atoms with Crippen LogP contribution in [0.3, 0.4) is 0 Å². The van der Waals surface area contributed by atoms with Crippen LogP contribution in [0.4, 0.5) is 0 Å². The van der Waals surface area contributed by atoms with Crippen LogP contribution in [-0.4, -0.2) is 16.5 Å². The van der Waals surface area contributed by atoms with Crippen LogP contribution in [0, 0.1) is 0 Å². The third-order valence-electron chi connectivity index (χ3n) is 2.80. The molecule has 0 heterocycles. The lowest BCUT2D eigenvalue weighted by molar-refractivity contribution is 0.0390. The zero-order chi connectivity index (χ0) is 11.5. The molecule has 1 rings (SSSR count). The van der Waals surface area contributed by atoms with Crippen LogP contribution in [0.1, 0.15) is 43.1 Å². The minimum Gasteiger partial charge on any atom is -0.382 e. The summed E-state index contributed by atoms with van der Waals surface area (Å²) in [7, 11) is 0. The van der Waals surface area contributed by atoms with Gasteiger partial charge in [0, 0.05) is 5.56 Å². The van der Waals surface area contributed by atoms with E-state index in [-0.39, 0.29) is 5.78 Å². The van der Waals surface area contributed by atoms with E-state index in [0.29, 0.717) is 12.0 Å². The molecule has 0 saturated heterocycles. The minimum absolute atomic E-state index is 0.201. The zero-order valence-corrected chi connectivity index (χ0v) is 9.58. The maximum absolute atomic E-state index is 11.8. The first-order valence-electron chi connectivity index (χ1n) is 5.37. The van der Waals surface area contributed by atoms with Gasteiger partial charge < -0.3 is 5.11 Å². The molecule has 0 amide bonds. The third kappa shape index (κ3) is 2.66. The second-order valence-electron chi connectivity index (χ2n) is 4.01. The molecule has 0 aromatic heterocycles. The van der Waals surface area contributed by atoms with Gasteiger partial charge in [-0.05, 0) is 25.3 Å². The molecule has 82 valence electrons. The van der Waals surface area contributed by atoms with Crippen molar-refractivity contribution in [2.75, 3.05) is 0 Å². The van der Waals surface area contributed by atoms with Crippen molar-refractivity contribution in [3.8, 4) is 0 Å². The zero-order valence-electron chi connectivity index (χ0n) is 9.58. The molecule has 0 fully saturated rings. The number of ketones is 1. The van der Waals surface area contributed by atoms with Crippen molar-refractivity contribution in [2.45, 2.75) is 39.2 Å². The Kier molecular flexibility index (Phi) is 3.64.